The topological polar surface area (TPSA) is 50.8 Å². The van der Waals surface area contributed by atoms with Gasteiger partial charge in [0.05, 0.1) is 18.8 Å². The molecule has 4 atom stereocenters. The monoisotopic (exact) mass is 324 g/mol. The third kappa shape index (κ3) is 3.68. The maximum absolute atomic E-state index is 11.8. The van der Waals surface area contributed by atoms with Crippen LogP contribution in [0.4, 0.5) is 0 Å². The van der Waals surface area contributed by atoms with E-state index in [9.17, 15) is 4.79 Å². The number of ether oxygens (including phenoxy) is 2. The number of carbonyl (C=O) groups is 1. The zero-order valence-electron chi connectivity index (χ0n) is 13.2. The third-order valence-corrected chi connectivity index (χ3v) is 5.29. The zero-order valence-corrected chi connectivity index (χ0v) is 14.0. The molecule has 0 amide bonds. The summed E-state index contributed by atoms with van der Waals surface area (Å²) >= 11 is 1.77. The van der Waals surface area contributed by atoms with Crippen LogP contribution in [0.1, 0.15) is 31.2 Å². The lowest BCUT2D eigenvalue weighted by Crippen LogP contribution is -2.47. The normalized spacial score (nSPS) is 31.2. The van der Waals surface area contributed by atoms with Crippen LogP contribution < -0.4 is 5.32 Å². The van der Waals surface area contributed by atoms with E-state index in [1.807, 2.05) is 6.92 Å². The molecule has 1 aromatic rings. The molecule has 5 nitrogen and oxygen atoms in total. The molecule has 0 radical (unpaired) electrons. The van der Waals surface area contributed by atoms with Crippen LogP contribution in [-0.2, 0) is 14.3 Å². The minimum Gasteiger partial charge on any atom is -0.461 e. The van der Waals surface area contributed by atoms with Crippen LogP contribution in [0.2, 0.25) is 0 Å². The molecule has 3 heterocycles. The van der Waals surface area contributed by atoms with E-state index < -0.39 is 0 Å². The highest BCUT2D eigenvalue weighted by Crippen LogP contribution is 2.27. The molecular formula is C16H24N2O3S. The molecule has 1 N–H and O–H groups in total. The predicted octanol–water partition coefficient (Wildman–Crippen LogP) is 1.80. The number of esters is 1. The maximum atomic E-state index is 11.8. The Morgan fingerprint density at radius 2 is 2.32 bits per heavy atom. The number of rotatable bonds is 5. The second-order valence-electron chi connectivity index (χ2n) is 6.15. The predicted molar refractivity (Wildman–Crippen MR) is 86.0 cm³/mol. The van der Waals surface area contributed by atoms with E-state index in [4.69, 9.17) is 9.47 Å². The zero-order chi connectivity index (χ0) is 15.5. The summed E-state index contributed by atoms with van der Waals surface area (Å²) in [6, 6.07) is 4.38. The molecular weight excluding hydrogens is 300 g/mol. The fourth-order valence-corrected chi connectivity index (χ4v) is 4.06. The number of morpholine rings is 1. The minimum absolute atomic E-state index is 0.0218. The van der Waals surface area contributed by atoms with E-state index >= 15 is 0 Å². The van der Waals surface area contributed by atoms with E-state index in [1.165, 1.54) is 4.88 Å². The lowest BCUT2D eigenvalue weighted by atomic mass is 10.1. The van der Waals surface area contributed by atoms with Crippen LogP contribution in [0.15, 0.2) is 17.5 Å². The second kappa shape index (κ2) is 7.08. The summed E-state index contributed by atoms with van der Waals surface area (Å²) in [5.41, 5.74) is 0. The largest absolute Gasteiger partial charge is 0.461 e. The lowest BCUT2D eigenvalue weighted by molar-refractivity contribution is -0.142. The number of cyclic esters (lactones) is 1. The van der Waals surface area contributed by atoms with Crippen LogP contribution in [0.5, 0.6) is 0 Å². The Kier molecular flexibility index (Phi) is 5.13. The molecule has 0 bridgehead atoms. The summed E-state index contributed by atoms with van der Waals surface area (Å²) in [5.74, 6) is -0.118. The lowest BCUT2D eigenvalue weighted by Gasteiger charge is -2.37. The van der Waals surface area contributed by atoms with E-state index in [0.29, 0.717) is 0 Å². The van der Waals surface area contributed by atoms with E-state index in [-0.39, 0.29) is 30.3 Å². The molecule has 0 spiro atoms. The summed E-state index contributed by atoms with van der Waals surface area (Å²) in [7, 11) is 0. The van der Waals surface area contributed by atoms with Crippen molar-refractivity contribution >= 4 is 17.3 Å². The van der Waals surface area contributed by atoms with Gasteiger partial charge in [0.25, 0.3) is 0 Å². The molecule has 22 heavy (non-hydrogen) atoms. The van der Waals surface area contributed by atoms with Crippen LogP contribution in [-0.4, -0.2) is 55.4 Å². The highest BCUT2D eigenvalue weighted by atomic mass is 32.1. The number of hydrogen-bond donors (Lipinski definition) is 1. The van der Waals surface area contributed by atoms with Gasteiger partial charge in [-0.3, -0.25) is 9.69 Å². The van der Waals surface area contributed by atoms with Crippen molar-refractivity contribution in [1.82, 2.24) is 10.2 Å². The summed E-state index contributed by atoms with van der Waals surface area (Å²) < 4.78 is 10.9. The Hall–Kier alpha value is -0.950. The Balaban J connectivity index is 1.65. The smallest absolute Gasteiger partial charge is 0.323 e. The average molecular weight is 324 g/mol. The van der Waals surface area contributed by atoms with Crippen LogP contribution in [0.3, 0.4) is 0 Å². The summed E-state index contributed by atoms with van der Waals surface area (Å²) in [6.07, 6.45) is 1.04. The van der Waals surface area contributed by atoms with Gasteiger partial charge >= 0.3 is 5.97 Å². The molecule has 0 saturated carbocycles. The highest BCUT2D eigenvalue weighted by Gasteiger charge is 2.33. The van der Waals surface area contributed by atoms with Gasteiger partial charge in [0.1, 0.15) is 12.1 Å². The van der Waals surface area contributed by atoms with Crippen molar-refractivity contribution in [2.45, 2.75) is 44.6 Å². The molecule has 2 aliphatic rings. The Morgan fingerprint density at radius 1 is 1.45 bits per heavy atom. The van der Waals surface area contributed by atoms with Gasteiger partial charge in [0, 0.05) is 30.9 Å². The number of thiophene rings is 1. The molecule has 2 saturated heterocycles. The quantitative estimate of drug-likeness (QED) is 0.837. The van der Waals surface area contributed by atoms with Crippen molar-refractivity contribution in [3.8, 4) is 0 Å². The number of carbonyl (C=O) groups excluding carboxylic acids is 1. The van der Waals surface area contributed by atoms with E-state index in [1.54, 1.807) is 11.3 Å². The third-order valence-electron chi connectivity index (χ3n) is 4.31. The molecule has 0 aromatic carbocycles. The Morgan fingerprint density at radius 3 is 2.95 bits per heavy atom. The van der Waals surface area contributed by atoms with Gasteiger partial charge in [-0.1, -0.05) is 6.07 Å². The van der Waals surface area contributed by atoms with Gasteiger partial charge in [-0.25, -0.2) is 0 Å². The first kappa shape index (κ1) is 15.9. The molecule has 0 unspecified atom stereocenters. The van der Waals surface area contributed by atoms with E-state index in [0.717, 1.165) is 32.7 Å². The van der Waals surface area contributed by atoms with Crippen molar-refractivity contribution < 1.29 is 14.3 Å². The van der Waals surface area contributed by atoms with Crippen molar-refractivity contribution in [2.24, 2.45) is 0 Å². The van der Waals surface area contributed by atoms with Gasteiger partial charge in [-0.05, 0) is 25.3 Å². The molecule has 2 aliphatic heterocycles. The second-order valence-corrected chi connectivity index (χ2v) is 7.13. The fraction of sp³-hybridized carbons (Fsp3) is 0.688. The van der Waals surface area contributed by atoms with Gasteiger partial charge in [-0.15, -0.1) is 11.3 Å². The van der Waals surface area contributed by atoms with Crippen molar-refractivity contribution in [1.29, 1.82) is 0 Å². The van der Waals surface area contributed by atoms with E-state index in [2.05, 4.69) is 34.7 Å². The number of nitrogens with zero attached hydrogens (tertiary/aromatic N) is 1. The first-order valence-corrected chi connectivity index (χ1v) is 8.84. The maximum Gasteiger partial charge on any atom is 0.323 e. The minimum atomic E-state index is -0.170. The van der Waals surface area contributed by atoms with Crippen LogP contribution in [0, 0.1) is 0 Å². The fourth-order valence-electron chi connectivity index (χ4n) is 3.20. The van der Waals surface area contributed by atoms with Crippen molar-refractivity contribution in [3.05, 3.63) is 22.4 Å². The molecule has 6 heteroatoms. The van der Waals surface area contributed by atoms with Crippen LogP contribution in [0.25, 0.3) is 0 Å². The van der Waals surface area contributed by atoms with Gasteiger partial charge < -0.3 is 14.8 Å². The molecule has 2 fully saturated rings. The first-order chi connectivity index (χ1) is 10.6. The molecule has 3 rings (SSSR count). The van der Waals surface area contributed by atoms with Gasteiger partial charge in [-0.2, -0.15) is 0 Å². The van der Waals surface area contributed by atoms with Gasteiger partial charge in [0.2, 0.25) is 0 Å². The van der Waals surface area contributed by atoms with Crippen LogP contribution >= 0.6 is 11.3 Å². The summed E-state index contributed by atoms with van der Waals surface area (Å²) in [4.78, 5) is 15.6. The number of hydrogen-bond acceptors (Lipinski definition) is 6. The summed E-state index contributed by atoms with van der Waals surface area (Å²) in [5, 5.41) is 5.52. The first-order valence-electron chi connectivity index (χ1n) is 7.96. The standard InChI is InChI=1S/C16H24N2O3S/c1-11-8-13(16(19)21-11)17-9-14(15-4-3-7-22-15)18-5-6-20-12(2)10-18/h3-4,7,11-14,17H,5-6,8-10H2,1-2H3/t11-,12+,13-,14+/m0/s1. The molecule has 1 aromatic heterocycles. The van der Waals surface area contributed by atoms with Gasteiger partial charge in [0.15, 0.2) is 0 Å². The average Bonchev–Trinajstić information content (AvgIpc) is 3.10. The Bertz CT molecular complexity index is 494. The summed E-state index contributed by atoms with van der Waals surface area (Å²) in [6.45, 7) is 7.45. The number of nitrogens with one attached hydrogen (secondary N) is 1. The molecule has 0 aliphatic carbocycles. The van der Waals surface area contributed by atoms with Crippen molar-refractivity contribution in [2.75, 3.05) is 26.2 Å². The Labute approximate surface area is 135 Å². The molecule has 122 valence electrons. The van der Waals surface area contributed by atoms with Crippen molar-refractivity contribution in [3.63, 3.8) is 0 Å². The highest BCUT2D eigenvalue weighted by molar-refractivity contribution is 7.10. The SMILES string of the molecule is C[C@@H]1CN([C@H](CN[C@H]2C[C@H](C)OC2=O)c2cccs2)CCO1.